The maximum atomic E-state index is 12.4. The molecular formula is C5H2BrClFN. The van der Waals surface area contributed by atoms with Crippen LogP contribution in [0.4, 0.5) is 4.39 Å². The zero-order valence-electron chi connectivity index (χ0n) is 4.24. The molecule has 0 unspecified atom stereocenters. The Morgan fingerprint density at radius 2 is 2.33 bits per heavy atom. The lowest BCUT2D eigenvalue weighted by Crippen LogP contribution is -1.79. The molecule has 1 aromatic heterocycles. The first-order valence-corrected chi connectivity index (χ1v) is 3.34. The summed E-state index contributed by atoms with van der Waals surface area (Å²) in [5, 5.41) is 0.163. The van der Waals surface area contributed by atoms with Crippen LogP contribution in [0.15, 0.2) is 16.7 Å². The lowest BCUT2D eigenvalue weighted by molar-refractivity contribution is 0.618. The van der Waals surface area contributed by atoms with Gasteiger partial charge in [0, 0.05) is 12.3 Å². The number of hydrogen-bond donors (Lipinski definition) is 0. The highest BCUT2D eigenvalue weighted by Crippen LogP contribution is 2.15. The molecule has 0 fully saturated rings. The van der Waals surface area contributed by atoms with Crippen molar-refractivity contribution in [2.45, 2.75) is 0 Å². The smallest absolute Gasteiger partial charge is 0.142 e. The quantitative estimate of drug-likeness (QED) is 0.600. The van der Waals surface area contributed by atoms with E-state index in [1.165, 1.54) is 6.20 Å². The summed E-state index contributed by atoms with van der Waals surface area (Å²) in [5.74, 6) is -0.394. The molecular weight excluding hydrogens is 208 g/mol. The van der Waals surface area contributed by atoms with Gasteiger partial charge in [0.1, 0.15) is 11.0 Å². The Hall–Kier alpha value is -0.150. The topological polar surface area (TPSA) is 12.9 Å². The van der Waals surface area contributed by atoms with Gasteiger partial charge in [-0.25, -0.2) is 9.37 Å². The van der Waals surface area contributed by atoms with Crippen LogP contribution in [0.2, 0.25) is 5.15 Å². The summed E-state index contributed by atoms with van der Waals surface area (Å²) in [5.41, 5.74) is 0. The molecule has 1 rings (SSSR count). The second-order valence-electron chi connectivity index (χ2n) is 1.42. The van der Waals surface area contributed by atoms with Crippen molar-refractivity contribution in [3.8, 4) is 0 Å². The van der Waals surface area contributed by atoms with E-state index in [1.807, 2.05) is 0 Å². The second-order valence-corrected chi connectivity index (χ2v) is 2.66. The fraction of sp³-hybridized carbons (Fsp3) is 0. The number of halogens is 3. The minimum absolute atomic E-state index is 0.163. The SMILES string of the molecule is Fc1cc(Cl)ncc1Br. The first kappa shape index (κ1) is 6.96. The first-order chi connectivity index (χ1) is 4.20. The van der Waals surface area contributed by atoms with Crippen LogP contribution in [-0.2, 0) is 0 Å². The van der Waals surface area contributed by atoms with Crippen molar-refractivity contribution in [1.29, 1.82) is 0 Å². The van der Waals surface area contributed by atoms with Crippen LogP contribution in [0.1, 0.15) is 0 Å². The highest BCUT2D eigenvalue weighted by molar-refractivity contribution is 9.10. The van der Waals surface area contributed by atoms with Gasteiger partial charge in [0.2, 0.25) is 0 Å². The van der Waals surface area contributed by atoms with Gasteiger partial charge in [-0.15, -0.1) is 0 Å². The monoisotopic (exact) mass is 209 g/mol. The molecule has 0 aliphatic rings. The second kappa shape index (κ2) is 2.62. The Bertz CT molecular complexity index is 228. The Morgan fingerprint density at radius 3 is 2.78 bits per heavy atom. The molecule has 0 aromatic carbocycles. The summed E-state index contributed by atoms with van der Waals surface area (Å²) in [6, 6.07) is 1.14. The minimum atomic E-state index is -0.394. The van der Waals surface area contributed by atoms with Crippen LogP contribution in [0.5, 0.6) is 0 Å². The predicted octanol–water partition coefficient (Wildman–Crippen LogP) is 2.64. The first-order valence-electron chi connectivity index (χ1n) is 2.16. The summed E-state index contributed by atoms with van der Waals surface area (Å²) in [7, 11) is 0. The van der Waals surface area contributed by atoms with Crippen LogP contribution in [0.3, 0.4) is 0 Å². The van der Waals surface area contributed by atoms with Gasteiger partial charge in [0.05, 0.1) is 4.47 Å². The van der Waals surface area contributed by atoms with Crippen LogP contribution in [0.25, 0.3) is 0 Å². The average molecular weight is 210 g/mol. The minimum Gasteiger partial charge on any atom is -0.243 e. The molecule has 1 aromatic rings. The van der Waals surface area contributed by atoms with Gasteiger partial charge in [-0.3, -0.25) is 0 Å². The standard InChI is InChI=1S/C5H2BrClFN/c6-3-2-9-5(7)1-4(3)8/h1-2H. The number of nitrogens with zero attached hydrogens (tertiary/aromatic N) is 1. The lowest BCUT2D eigenvalue weighted by atomic mass is 10.5. The van der Waals surface area contributed by atoms with Gasteiger partial charge in [-0.05, 0) is 15.9 Å². The molecule has 1 nitrogen and oxygen atoms in total. The highest BCUT2D eigenvalue weighted by atomic mass is 79.9. The molecule has 0 N–H and O–H groups in total. The third-order valence-corrected chi connectivity index (χ3v) is 1.57. The molecule has 0 aliphatic carbocycles. The summed E-state index contributed by atoms with van der Waals surface area (Å²) in [6.45, 7) is 0. The van der Waals surface area contributed by atoms with Gasteiger partial charge in [0.25, 0.3) is 0 Å². The van der Waals surface area contributed by atoms with Crippen molar-refractivity contribution in [1.82, 2.24) is 4.98 Å². The van der Waals surface area contributed by atoms with Crippen LogP contribution in [0, 0.1) is 5.82 Å². The number of aromatic nitrogens is 1. The summed E-state index contributed by atoms with van der Waals surface area (Å²) in [6.07, 6.45) is 1.32. The van der Waals surface area contributed by atoms with Crippen LogP contribution in [-0.4, -0.2) is 4.98 Å². The van der Waals surface area contributed by atoms with E-state index in [0.717, 1.165) is 6.07 Å². The zero-order valence-corrected chi connectivity index (χ0v) is 6.58. The van der Waals surface area contributed by atoms with E-state index in [0.29, 0.717) is 4.47 Å². The van der Waals surface area contributed by atoms with Crippen molar-refractivity contribution in [3.63, 3.8) is 0 Å². The van der Waals surface area contributed by atoms with E-state index >= 15 is 0 Å². The average Bonchev–Trinajstić information content (AvgIpc) is 1.80. The predicted molar refractivity (Wildman–Crippen MR) is 36.9 cm³/mol. The molecule has 0 saturated carbocycles. The molecule has 1 heterocycles. The summed E-state index contributed by atoms with van der Waals surface area (Å²) in [4.78, 5) is 3.62. The van der Waals surface area contributed by atoms with E-state index in [1.54, 1.807) is 0 Å². The van der Waals surface area contributed by atoms with E-state index in [9.17, 15) is 4.39 Å². The molecule has 0 bridgehead atoms. The van der Waals surface area contributed by atoms with Gasteiger partial charge < -0.3 is 0 Å². The third-order valence-electron chi connectivity index (χ3n) is 0.775. The van der Waals surface area contributed by atoms with Crippen molar-refractivity contribution < 1.29 is 4.39 Å². The number of hydrogen-bond acceptors (Lipinski definition) is 1. The van der Waals surface area contributed by atoms with Crippen molar-refractivity contribution in [2.24, 2.45) is 0 Å². The maximum Gasteiger partial charge on any atom is 0.142 e. The fourth-order valence-corrected chi connectivity index (χ4v) is 0.752. The highest BCUT2D eigenvalue weighted by Gasteiger charge is 1.97. The Balaban J connectivity index is 3.17. The van der Waals surface area contributed by atoms with Crippen LogP contribution >= 0.6 is 27.5 Å². The number of rotatable bonds is 0. The van der Waals surface area contributed by atoms with Gasteiger partial charge >= 0.3 is 0 Å². The van der Waals surface area contributed by atoms with Gasteiger partial charge in [-0.1, -0.05) is 11.6 Å². The van der Waals surface area contributed by atoms with Gasteiger partial charge in [-0.2, -0.15) is 0 Å². The largest absolute Gasteiger partial charge is 0.243 e. The molecule has 0 spiro atoms. The molecule has 48 valence electrons. The van der Waals surface area contributed by atoms with E-state index in [-0.39, 0.29) is 5.15 Å². The maximum absolute atomic E-state index is 12.4. The molecule has 0 atom stereocenters. The molecule has 0 saturated heterocycles. The normalized spacial score (nSPS) is 9.67. The zero-order chi connectivity index (χ0) is 6.85. The molecule has 9 heavy (non-hydrogen) atoms. The van der Waals surface area contributed by atoms with Crippen LogP contribution < -0.4 is 0 Å². The van der Waals surface area contributed by atoms with E-state index < -0.39 is 5.82 Å². The molecule has 4 heteroatoms. The van der Waals surface area contributed by atoms with E-state index in [4.69, 9.17) is 11.6 Å². The van der Waals surface area contributed by atoms with E-state index in [2.05, 4.69) is 20.9 Å². The van der Waals surface area contributed by atoms with Gasteiger partial charge in [0.15, 0.2) is 0 Å². The molecule has 0 amide bonds. The Morgan fingerprint density at radius 1 is 1.67 bits per heavy atom. The Labute approximate surface area is 65.0 Å². The van der Waals surface area contributed by atoms with Crippen molar-refractivity contribution in [3.05, 3.63) is 27.7 Å². The summed E-state index contributed by atoms with van der Waals surface area (Å²) >= 11 is 8.28. The molecule has 0 radical (unpaired) electrons. The molecule has 0 aliphatic heterocycles. The Kier molecular flexibility index (Phi) is 2.03. The number of pyridine rings is 1. The lowest BCUT2D eigenvalue weighted by Gasteiger charge is -1.90. The summed E-state index contributed by atoms with van der Waals surface area (Å²) < 4.78 is 12.7. The fourth-order valence-electron chi connectivity index (χ4n) is 0.391. The van der Waals surface area contributed by atoms with Crippen molar-refractivity contribution >= 4 is 27.5 Å². The van der Waals surface area contributed by atoms with Crippen molar-refractivity contribution in [2.75, 3.05) is 0 Å². The third kappa shape index (κ3) is 1.63.